The van der Waals surface area contributed by atoms with Crippen LogP contribution >= 0.6 is 11.8 Å². The number of nitrogens with two attached hydrogens (primary N) is 1. The number of carbonyl (C=O) groups excluding carboxylic acids is 1. The molecule has 0 aliphatic heterocycles. The lowest BCUT2D eigenvalue weighted by molar-refractivity contribution is -0.122. The van der Waals surface area contributed by atoms with Gasteiger partial charge in [-0.2, -0.15) is 11.8 Å². The van der Waals surface area contributed by atoms with Crippen LogP contribution in [0.15, 0.2) is 0 Å². The van der Waals surface area contributed by atoms with Crippen molar-refractivity contribution in [2.45, 2.75) is 56.7 Å². The van der Waals surface area contributed by atoms with Crippen molar-refractivity contribution in [3.63, 3.8) is 0 Å². The van der Waals surface area contributed by atoms with Gasteiger partial charge in [0.1, 0.15) is 0 Å². The molecule has 100 valence electrons. The van der Waals surface area contributed by atoms with Crippen LogP contribution < -0.4 is 11.1 Å². The van der Waals surface area contributed by atoms with E-state index in [2.05, 4.69) is 25.4 Å². The Balaban J connectivity index is 2.36. The Morgan fingerprint density at radius 1 is 1.41 bits per heavy atom. The molecule has 1 aliphatic carbocycles. The molecule has 0 heterocycles. The first-order valence-electron chi connectivity index (χ1n) is 6.57. The molecule has 0 aromatic heterocycles. The Bertz CT molecular complexity index is 250. The summed E-state index contributed by atoms with van der Waals surface area (Å²) < 4.78 is 0.271. The first-order chi connectivity index (χ1) is 7.99. The molecular weight excluding hydrogens is 232 g/mol. The quantitative estimate of drug-likeness (QED) is 0.767. The van der Waals surface area contributed by atoms with E-state index in [-0.39, 0.29) is 16.7 Å². The lowest BCUT2D eigenvalue weighted by Gasteiger charge is -2.27. The Morgan fingerprint density at radius 3 is 2.47 bits per heavy atom. The Morgan fingerprint density at radius 2 is 2.00 bits per heavy atom. The predicted molar refractivity (Wildman–Crippen MR) is 75.2 cm³/mol. The lowest BCUT2D eigenvalue weighted by atomic mass is 10.0. The van der Waals surface area contributed by atoms with Crippen LogP contribution in [0.3, 0.4) is 0 Å². The summed E-state index contributed by atoms with van der Waals surface area (Å²) in [5.74, 6) is 0.482. The summed E-state index contributed by atoms with van der Waals surface area (Å²) in [5.41, 5.74) is 5.87. The van der Waals surface area contributed by atoms with Crippen LogP contribution in [0.2, 0.25) is 0 Å². The number of rotatable bonds is 6. The first-order valence-corrected chi connectivity index (χ1v) is 7.80. The van der Waals surface area contributed by atoms with E-state index in [0.29, 0.717) is 5.92 Å². The number of amides is 1. The smallest absolute Gasteiger partial charge is 0.236 e. The molecule has 1 amide bonds. The fourth-order valence-electron chi connectivity index (χ4n) is 2.47. The predicted octanol–water partition coefficient (Wildman–Crippen LogP) is 2.15. The zero-order chi connectivity index (χ0) is 12.9. The molecule has 0 aromatic rings. The zero-order valence-corrected chi connectivity index (χ0v) is 12.1. The van der Waals surface area contributed by atoms with Crippen molar-refractivity contribution >= 4 is 17.7 Å². The largest absolute Gasteiger partial charge is 0.353 e. The molecule has 17 heavy (non-hydrogen) atoms. The second-order valence-corrected chi connectivity index (χ2v) is 6.82. The van der Waals surface area contributed by atoms with Crippen LogP contribution in [0.25, 0.3) is 0 Å². The van der Waals surface area contributed by atoms with Gasteiger partial charge < -0.3 is 11.1 Å². The van der Waals surface area contributed by atoms with Crippen molar-refractivity contribution in [1.29, 1.82) is 0 Å². The third kappa shape index (κ3) is 4.51. The number of thioether (sulfide) groups is 1. The third-order valence-corrected chi connectivity index (χ3v) is 5.01. The number of hydrogen-bond donors (Lipinski definition) is 2. The molecule has 1 atom stereocenters. The fraction of sp³-hybridized carbons (Fsp3) is 0.923. The van der Waals surface area contributed by atoms with Gasteiger partial charge in [-0.15, -0.1) is 0 Å². The van der Waals surface area contributed by atoms with Crippen molar-refractivity contribution in [1.82, 2.24) is 5.32 Å². The van der Waals surface area contributed by atoms with Gasteiger partial charge in [0, 0.05) is 11.3 Å². The summed E-state index contributed by atoms with van der Waals surface area (Å²) in [6, 6.07) is -0.352. The minimum atomic E-state index is -0.352. The van der Waals surface area contributed by atoms with Crippen LogP contribution in [0.1, 0.15) is 46.0 Å². The summed E-state index contributed by atoms with van der Waals surface area (Å²) in [4.78, 5) is 11.8. The molecule has 0 radical (unpaired) electrons. The van der Waals surface area contributed by atoms with Gasteiger partial charge in [0.25, 0.3) is 0 Å². The highest BCUT2D eigenvalue weighted by atomic mass is 32.2. The van der Waals surface area contributed by atoms with Crippen molar-refractivity contribution in [2.75, 3.05) is 12.8 Å². The molecule has 0 saturated heterocycles. The van der Waals surface area contributed by atoms with Crippen molar-refractivity contribution in [2.24, 2.45) is 11.7 Å². The molecule has 3 N–H and O–H groups in total. The topological polar surface area (TPSA) is 55.1 Å². The van der Waals surface area contributed by atoms with Crippen molar-refractivity contribution < 1.29 is 4.79 Å². The van der Waals surface area contributed by atoms with Gasteiger partial charge in [0.2, 0.25) is 5.91 Å². The van der Waals surface area contributed by atoms with E-state index in [4.69, 9.17) is 5.73 Å². The highest BCUT2D eigenvalue weighted by Crippen LogP contribution is 2.39. The van der Waals surface area contributed by atoms with E-state index in [1.54, 1.807) is 0 Å². The van der Waals surface area contributed by atoms with Crippen molar-refractivity contribution in [3.05, 3.63) is 0 Å². The van der Waals surface area contributed by atoms with Gasteiger partial charge in [-0.3, -0.25) is 4.79 Å². The lowest BCUT2D eigenvalue weighted by Crippen LogP contribution is -2.46. The van der Waals surface area contributed by atoms with Gasteiger partial charge >= 0.3 is 0 Å². The Hall–Kier alpha value is -0.220. The van der Waals surface area contributed by atoms with Crippen LogP contribution in [0, 0.1) is 5.92 Å². The maximum Gasteiger partial charge on any atom is 0.236 e. The van der Waals surface area contributed by atoms with Crippen LogP contribution in [-0.2, 0) is 4.79 Å². The molecule has 1 fully saturated rings. The SMILES string of the molecule is CSC1(CNC(=O)C(N)CC(C)C)CCCC1. The fourth-order valence-corrected chi connectivity index (χ4v) is 3.38. The van der Waals surface area contributed by atoms with Gasteiger partial charge in [-0.1, -0.05) is 26.7 Å². The zero-order valence-electron chi connectivity index (χ0n) is 11.3. The second-order valence-electron chi connectivity index (χ2n) is 5.55. The monoisotopic (exact) mass is 258 g/mol. The minimum Gasteiger partial charge on any atom is -0.353 e. The number of carbonyl (C=O) groups is 1. The van der Waals surface area contributed by atoms with E-state index >= 15 is 0 Å². The summed E-state index contributed by atoms with van der Waals surface area (Å²) in [6.45, 7) is 4.96. The van der Waals surface area contributed by atoms with Crippen LogP contribution in [-0.4, -0.2) is 29.5 Å². The minimum absolute atomic E-state index is 0.0130. The Labute approximate surface area is 109 Å². The number of nitrogens with one attached hydrogen (secondary N) is 1. The van der Waals surface area contributed by atoms with E-state index in [0.717, 1.165) is 13.0 Å². The summed E-state index contributed by atoms with van der Waals surface area (Å²) in [6.07, 6.45) is 7.91. The molecule has 1 rings (SSSR count). The molecule has 0 aromatic carbocycles. The van der Waals surface area contributed by atoms with Gasteiger partial charge in [-0.05, 0) is 31.4 Å². The molecular formula is C13H26N2OS. The molecule has 4 heteroatoms. The van der Waals surface area contributed by atoms with Crippen LogP contribution in [0.4, 0.5) is 0 Å². The normalized spacial score (nSPS) is 20.5. The van der Waals surface area contributed by atoms with E-state index < -0.39 is 0 Å². The van der Waals surface area contributed by atoms with Gasteiger partial charge in [0.15, 0.2) is 0 Å². The average molecular weight is 258 g/mol. The molecule has 3 nitrogen and oxygen atoms in total. The molecule has 0 spiro atoms. The van der Waals surface area contributed by atoms with E-state index in [1.165, 1.54) is 25.7 Å². The van der Waals surface area contributed by atoms with Gasteiger partial charge in [-0.25, -0.2) is 0 Å². The second kappa shape index (κ2) is 6.64. The first kappa shape index (κ1) is 14.8. The highest BCUT2D eigenvalue weighted by Gasteiger charge is 2.33. The summed E-state index contributed by atoms with van der Waals surface area (Å²) in [5, 5.41) is 3.04. The van der Waals surface area contributed by atoms with Gasteiger partial charge in [0.05, 0.1) is 6.04 Å². The van der Waals surface area contributed by atoms with E-state index in [9.17, 15) is 4.79 Å². The van der Waals surface area contributed by atoms with Crippen molar-refractivity contribution in [3.8, 4) is 0 Å². The average Bonchev–Trinajstić information content (AvgIpc) is 2.74. The standard InChI is InChI=1S/C13H26N2OS/c1-10(2)8-11(14)12(16)15-9-13(17-3)6-4-5-7-13/h10-11H,4-9,14H2,1-3H3,(H,15,16). The van der Waals surface area contributed by atoms with Crippen LogP contribution in [0.5, 0.6) is 0 Å². The van der Waals surface area contributed by atoms with E-state index in [1.807, 2.05) is 11.8 Å². The third-order valence-electron chi connectivity index (χ3n) is 3.59. The summed E-state index contributed by atoms with van der Waals surface area (Å²) in [7, 11) is 0. The number of hydrogen-bond acceptors (Lipinski definition) is 3. The molecule has 1 saturated carbocycles. The molecule has 1 unspecified atom stereocenters. The molecule has 0 bridgehead atoms. The maximum absolute atomic E-state index is 11.8. The summed E-state index contributed by atoms with van der Waals surface area (Å²) >= 11 is 1.89. The maximum atomic E-state index is 11.8. The highest BCUT2D eigenvalue weighted by molar-refractivity contribution is 8.00. The Kier molecular flexibility index (Phi) is 5.80. The molecule has 1 aliphatic rings.